The molecule has 0 saturated heterocycles. The molecule has 0 spiro atoms. The molecule has 4 nitrogen and oxygen atoms in total. The van der Waals surface area contributed by atoms with Crippen molar-refractivity contribution < 1.29 is 9.90 Å². The van der Waals surface area contributed by atoms with Crippen LogP contribution < -0.4 is 11.1 Å². The number of aliphatic carboxylic acids is 1. The monoisotopic (exact) mass is 222 g/mol. The Labute approximate surface area is 95.5 Å². The molecule has 0 saturated carbocycles. The molecule has 0 aliphatic rings. The third-order valence-electron chi connectivity index (χ3n) is 2.41. The Bertz CT molecular complexity index is 314. The summed E-state index contributed by atoms with van der Waals surface area (Å²) in [5.41, 5.74) is 6.19. The number of carboxylic acids is 1. The molecule has 1 aromatic carbocycles. The number of carboxylic acid groups (broad SMARTS) is 1. The smallest absolute Gasteiger partial charge is 0.312 e. The molecule has 0 heterocycles. The molecule has 16 heavy (non-hydrogen) atoms. The van der Waals surface area contributed by atoms with Gasteiger partial charge in [0.15, 0.2) is 0 Å². The van der Waals surface area contributed by atoms with Crippen molar-refractivity contribution in [3.8, 4) is 0 Å². The molecule has 1 rings (SSSR count). The van der Waals surface area contributed by atoms with Gasteiger partial charge in [0.25, 0.3) is 0 Å². The van der Waals surface area contributed by atoms with Crippen molar-refractivity contribution in [1.82, 2.24) is 5.32 Å². The summed E-state index contributed by atoms with van der Waals surface area (Å²) in [7, 11) is 0. The van der Waals surface area contributed by atoms with Crippen LogP contribution in [0.4, 0.5) is 0 Å². The van der Waals surface area contributed by atoms with Gasteiger partial charge in [-0.3, -0.25) is 4.79 Å². The molecule has 0 aliphatic heterocycles. The maximum Gasteiger partial charge on any atom is 0.312 e. The van der Waals surface area contributed by atoms with Crippen LogP contribution >= 0.6 is 0 Å². The average molecular weight is 222 g/mol. The molecular formula is C12H18N2O2. The predicted molar refractivity (Wildman–Crippen MR) is 63.4 cm³/mol. The van der Waals surface area contributed by atoms with E-state index in [0.717, 1.165) is 18.5 Å². The van der Waals surface area contributed by atoms with E-state index < -0.39 is 11.9 Å². The van der Waals surface area contributed by atoms with E-state index in [-0.39, 0.29) is 0 Å². The summed E-state index contributed by atoms with van der Waals surface area (Å²) < 4.78 is 0. The Balaban J connectivity index is 2.52. The first-order valence-electron chi connectivity index (χ1n) is 5.44. The molecule has 88 valence electrons. The quantitative estimate of drug-likeness (QED) is 0.596. The maximum atomic E-state index is 11.1. The second kappa shape index (κ2) is 6.98. The molecule has 4 N–H and O–H groups in total. The van der Waals surface area contributed by atoms with Gasteiger partial charge in [0.1, 0.15) is 0 Å². The molecule has 1 atom stereocenters. The maximum absolute atomic E-state index is 11.1. The van der Waals surface area contributed by atoms with Crippen LogP contribution in [0, 0.1) is 0 Å². The van der Waals surface area contributed by atoms with E-state index in [0.29, 0.717) is 13.1 Å². The van der Waals surface area contributed by atoms with E-state index in [1.165, 1.54) is 0 Å². The van der Waals surface area contributed by atoms with E-state index in [9.17, 15) is 4.79 Å². The normalized spacial score (nSPS) is 12.3. The van der Waals surface area contributed by atoms with Crippen LogP contribution in [0.5, 0.6) is 0 Å². The molecule has 0 fully saturated rings. The molecular weight excluding hydrogens is 204 g/mol. The summed E-state index contributed by atoms with van der Waals surface area (Å²) in [4.78, 5) is 11.1. The van der Waals surface area contributed by atoms with E-state index in [1.54, 1.807) is 0 Å². The SMILES string of the molecule is NCCCNCC(C(=O)O)c1ccccc1. The second-order valence-corrected chi connectivity index (χ2v) is 3.65. The molecule has 1 unspecified atom stereocenters. The first-order valence-corrected chi connectivity index (χ1v) is 5.44. The number of benzene rings is 1. The number of hydrogen-bond donors (Lipinski definition) is 3. The lowest BCUT2D eigenvalue weighted by molar-refractivity contribution is -0.138. The zero-order valence-electron chi connectivity index (χ0n) is 9.23. The fraction of sp³-hybridized carbons (Fsp3) is 0.417. The first kappa shape index (κ1) is 12.7. The Kier molecular flexibility index (Phi) is 5.53. The minimum absolute atomic E-state index is 0.444. The van der Waals surface area contributed by atoms with Crippen LogP contribution in [0.25, 0.3) is 0 Å². The highest BCUT2D eigenvalue weighted by Crippen LogP contribution is 2.14. The highest BCUT2D eigenvalue weighted by atomic mass is 16.4. The van der Waals surface area contributed by atoms with Crippen molar-refractivity contribution in [1.29, 1.82) is 0 Å². The zero-order valence-corrected chi connectivity index (χ0v) is 9.23. The molecule has 0 radical (unpaired) electrons. The van der Waals surface area contributed by atoms with E-state index in [2.05, 4.69) is 5.32 Å². The number of nitrogens with one attached hydrogen (secondary N) is 1. The van der Waals surface area contributed by atoms with Crippen LogP contribution in [0.3, 0.4) is 0 Å². The van der Waals surface area contributed by atoms with Crippen molar-refractivity contribution in [2.45, 2.75) is 12.3 Å². The van der Waals surface area contributed by atoms with Crippen LogP contribution in [0.15, 0.2) is 30.3 Å². The Morgan fingerprint density at radius 2 is 2.06 bits per heavy atom. The fourth-order valence-electron chi connectivity index (χ4n) is 1.51. The van der Waals surface area contributed by atoms with Gasteiger partial charge in [0, 0.05) is 6.54 Å². The largest absolute Gasteiger partial charge is 0.481 e. The number of carbonyl (C=O) groups is 1. The zero-order chi connectivity index (χ0) is 11.8. The number of hydrogen-bond acceptors (Lipinski definition) is 3. The molecule has 0 aromatic heterocycles. The van der Waals surface area contributed by atoms with E-state index in [1.807, 2.05) is 30.3 Å². The van der Waals surface area contributed by atoms with Crippen molar-refractivity contribution in [2.75, 3.05) is 19.6 Å². The summed E-state index contributed by atoms with van der Waals surface area (Å²) in [6.07, 6.45) is 0.862. The topological polar surface area (TPSA) is 75.3 Å². The van der Waals surface area contributed by atoms with Crippen LogP contribution in [-0.2, 0) is 4.79 Å². The Hall–Kier alpha value is -1.39. The lowest BCUT2D eigenvalue weighted by Crippen LogP contribution is -2.28. The van der Waals surface area contributed by atoms with Crippen molar-refractivity contribution in [3.05, 3.63) is 35.9 Å². The predicted octanol–water partition coefficient (Wildman–Crippen LogP) is 0.793. The third kappa shape index (κ3) is 4.00. The van der Waals surface area contributed by atoms with Crippen LogP contribution in [0.1, 0.15) is 17.9 Å². The van der Waals surface area contributed by atoms with Gasteiger partial charge in [0.05, 0.1) is 5.92 Å². The van der Waals surface area contributed by atoms with Gasteiger partial charge in [-0.05, 0) is 25.1 Å². The van der Waals surface area contributed by atoms with Gasteiger partial charge in [-0.2, -0.15) is 0 Å². The van der Waals surface area contributed by atoms with Gasteiger partial charge >= 0.3 is 5.97 Å². The highest BCUT2D eigenvalue weighted by Gasteiger charge is 2.18. The summed E-state index contributed by atoms with van der Waals surface area (Å²) in [5, 5.41) is 12.2. The first-order chi connectivity index (χ1) is 7.75. The minimum atomic E-state index is -0.800. The van der Waals surface area contributed by atoms with E-state index >= 15 is 0 Å². The fourth-order valence-corrected chi connectivity index (χ4v) is 1.51. The Morgan fingerprint density at radius 1 is 1.38 bits per heavy atom. The summed E-state index contributed by atoms with van der Waals surface area (Å²) >= 11 is 0. The van der Waals surface area contributed by atoms with Gasteiger partial charge in [-0.25, -0.2) is 0 Å². The molecule has 1 aromatic rings. The molecule has 0 bridgehead atoms. The van der Waals surface area contributed by atoms with Crippen molar-refractivity contribution in [3.63, 3.8) is 0 Å². The van der Waals surface area contributed by atoms with Gasteiger partial charge in [-0.15, -0.1) is 0 Å². The summed E-state index contributed by atoms with van der Waals surface area (Å²) in [5.74, 6) is -1.29. The second-order valence-electron chi connectivity index (χ2n) is 3.65. The van der Waals surface area contributed by atoms with E-state index in [4.69, 9.17) is 10.8 Å². The minimum Gasteiger partial charge on any atom is -0.481 e. The highest BCUT2D eigenvalue weighted by molar-refractivity contribution is 5.76. The van der Waals surface area contributed by atoms with Crippen LogP contribution in [-0.4, -0.2) is 30.7 Å². The summed E-state index contributed by atoms with van der Waals surface area (Å²) in [6, 6.07) is 9.26. The standard InChI is InChI=1S/C12H18N2O2/c13-7-4-8-14-9-11(12(15)16)10-5-2-1-3-6-10/h1-3,5-6,11,14H,4,7-9,13H2,(H,15,16). The van der Waals surface area contributed by atoms with Gasteiger partial charge in [-0.1, -0.05) is 30.3 Å². The van der Waals surface area contributed by atoms with Crippen LogP contribution in [0.2, 0.25) is 0 Å². The van der Waals surface area contributed by atoms with Gasteiger partial charge in [0.2, 0.25) is 0 Å². The summed E-state index contributed by atoms with van der Waals surface area (Å²) in [6.45, 7) is 1.82. The molecule has 4 heteroatoms. The average Bonchev–Trinajstić information content (AvgIpc) is 2.30. The van der Waals surface area contributed by atoms with Crippen molar-refractivity contribution in [2.24, 2.45) is 5.73 Å². The number of nitrogens with two attached hydrogens (primary N) is 1. The number of rotatable bonds is 7. The van der Waals surface area contributed by atoms with Gasteiger partial charge < -0.3 is 16.2 Å². The Morgan fingerprint density at radius 3 is 2.62 bits per heavy atom. The molecule has 0 amide bonds. The lowest BCUT2D eigenvalue weighted by atomic mass is 9.99. The lowest BCUT2D eigenvalue weighted by Gasteiger charge is -2.13. The van der Waals surface area contributed by atoms with Crippen molar-refractivity contribution >= 4 is 5.97 Å². The third-order valence-corrected chi connectivity index (χ3v) is 2.41. The molecule has 0 aliphatic carbocycles.